The van der Waals surface area contributed by atoms with Crippen LogP contribution >= 0.6 is 11.3 Å². The maximum Gasteiger partial charge on any atom is 0.191 e. The molecule has 0 saturated carbocycles. The molecule has 0 fully saturated rings. The van der Waals surface area contributed by atoms with Gasteiger partial charge in [0.15, 0.2) is 5.96 Å². The van der Waals surface area contributed by atoms with Gasteiger partial charge in [0.2, 0.25) is 0 Å². The van der Waals surface area contributed by atoms with Gasteiger partial charge in [0.05, 0.1) is 17.2 Å². The molecule has 2 N–H and O–H groups in total. The molecule has 0 bridgehead atoms. The van der Waals surface area contributed by atoms with Crippen LogP contribution in [-0.2, 0) is 6.42 Å². The van der Waals surface area contributed by atoms with E-state index in [9.17, 15) is 4.39 Å². The molecular weight excluding hydrogens is 351 g/mol. The molecule has 2 rings (SSSR count). The zero-order valence-corrected chi connectivity index (χ0v) is 16.6. The van der Waals surface area contributed by atoms with Crippen molar-refractivity contribution < 1.29 is 9.13 Å². The van der Waals surface area contributed by atoms with Crippen molar-refractivity contribution in [1.29, 1.82) is 0 Å². The Kier molecular flexibility index (Phi) is 7.84. The minimum Gasteiger partial charge on any atom is -0.489 e. The summed E-state index contributed by atoms with van der Waals surface area (Å²) in [5.74, 6) is 1.57. The normalized spacial score (nSPS) is 12.9. The smallest absolute Gasteiger partial charge is 0.191 e. The number of hydrogen-bond donors (Lipinski definition) is 2. The molecule has 5 nitrogen and oxygen atoms in total. The maximum absolute atomic E-state index is 12.9. The Morgan fingerprint density at radius 2 is 1.96 bits per heavy atom. The number of ether oxygens (including phenoxy) is 1. The number of halogens is 1. The number of aliphatic imine (C=N–C) groups is 1. The van der Waals surface area contributed by atoms with Crippen LogP contribution in [0.2, 0.25) is 0 Å². The van der Waals surface area contributed by atoms with Gasteiger partial charge in [0.1, 0.15) is 17.7 Å². The average Bonchev–Trinajstić information content (AvgIpc) is 3.09. The number of aromatic nitrogens is 1. The van der Waals surface area contributed by atoms with Gasteiger partial charge in [-0.15, -0.1) is 11.3 Å². The topological polar surface area (TPSA) is 58.5 Å². The van der Waals surface area contributed by atoms with E-state index in [-0.39, 0.29) is 11.9 Å². The van der Waals surface area contributed by atoms with Crippen LogP contribution in [0.4, 0.5) is 4.39 Å². The van der Waals surface area contributed by atoms with E-state index in [2.05, 4.69) is 39.8 Å². The van der Waals surface area contributed by atoms with Gasteiger partial charge in [-0.05, 0) is 31.2 Å². The lowest BCUT2D eigenvalue weighted by atomic mass is 10.2. The van der Waals surface area contributed by atoms with E-state index in [0.29, 0.717) is 18.2 Å². The van der Waals surface area contributed by atoms with Crippen molar-refractivity contribution in [3.8, 4) is 5.75 Å². The predicted octanol–water partition coefficient (Wildman–Crippen LogP) is 3.58. The zero-order chi connectivity index (χ0) is 18.9. The lowest BCUT2D eigenvalue weighted by molar-refractivity contribution is 0.223. The van der Waals surface area contributed by atoms with Crippen LogP contribution in [0.1, 0.15) is 37.4 Å². The third-order valence-electron chi connectivity index (χ3n) is 3.67. The highest BCUT2D eigenvalue weighted by molar-refractivity contribution is 7.09. The summed E-state index contributed by atoms with van der Waals surface area (Å²) in [4.78, 5) is 8.85. The van der Waals surface area contributed by atoms with Crippen LogP contribution in [0, 0.1) is 5.82 Å². The summed E-state index contributed by atoms with van der Waals surface area (Å²) in [7, 11) is 1.74. The van der Waals surface area contributed by atoms with Gasteiger partial charge in [-0.2, -0.15) is 0 Å². The zero-order valence-electron chi connectivity index (χ0n) is 15.8. The van der Waals surface area contributed by atoms with Crippen molar-refractivity contribution in [1.82, 2.24) is 15.6 Å². The lowest BCUT2D eigenvalue weighted by Gasteiger charge is -2.17. The summed E-state index contributed by atoms with van der Waals surface area (Å²) in [6, 6.07) is 6.02. The highest BCUT2D eigenvalue weighted by atomic mass is 32.1. The number of guanidine groups is 1. The molecule has 0 saturated heterocycles. The van der Waals surface area contributed by atoms with Gasteiger partial charge >= 0.3 is 0 Å². The minimum atomic E-state index is -0.270. The summed E-state index contributed by atoms with van der Waals surface area (Å²) in [6.45, 7) is 7.61. The number of hydrogen-bond acceptors (Lipinski definition) is 4. The third-order valence-corrected chi connectivity index (χ3v) is 4.86. The second-order valence-corrected chi connectivity index (χ2v) is 7.23. The third kappa shape index (κ3) is 6.63. The van der Waals surface area contributed by atoms with E-state index in [0.717, 1.165) is 24.6 Å². The number of nitrogens with one attached hydrogen (secondary N) is 2. The Labute approximate surface area is 158 Å². The SMILES string of the molecule is CN=C(NCCc1csc(C(C)C)n1)NCC(C)Oc1ccc(F)cc1. The van der Waals surface area contributed by atoms with Gasteiger partial charge in [-0.1, -0.05) is 13.8 Å². The van der Waals surface area contributed by atoms with Crippen LogP contribution < -0.4 is 15.4 Å². The molecule has 1 aromatic heterocycles. The van der Waals surface area contributed by atoms with E-state index < -0.39 is 0 Å². The van der Waals surface area contributed by atoms with Crippen LogP contribution in [-0.4, -0.2) is 37.2 Å². The number of thiazole rings is 1. The summed E-state index contributed by atoms with van der Waals surface area (Å²) in [6.07, 6.45) is 0.775. The Bertz CT molecular complexity index is 700. The molecule has 0 amide bonds. The van der Waals surface area contributed by atoms with Gasteiger partial charge in [0.25, 0.3) is 0 Å². The highest BCUT2D eigenvalue weighted by Crippen LogP contribution is 2.19. The first-order chi connectivity index (χ1) is 12.5. The van der Waals surface area contributed by atoms with E-state index in [4.69, 9.17) is 4.74 Å². The van der Waals surface area contributed by atoms with Crippen molar-refractivity contribution in [2.24, 2.45) is 4.99 Å². The van der Waals surface area contributed by atoms with Gasteiger partial charge in [-0.25, -0.2) is 9.37 Å². The minimum absolute atomic E-state index is 0.0776. The summed E-state index contributed by atoms with van der Waals surface area (Å²) in [5.41, 5.74) is 1.11. The van der Waals surface area contributed by atoms with Gasteiger partial charge in [0, 0.05) is 31.3 Å². The highest BCUT2D eigenvalue weighted by Gasteiger charge is 2.08. The molecule has 1 heterocycles. The first kappa shape index (κ1) is 20.2. The number of nitrogens with zero attached hydrogens (tertiary/aromatic N) is 2. The maximum atomic E-state index is 12.9. The van der Waals surface area contributed by atoms with E-state index >= 15 is 0 Å². The second kappa shape index (κ2) is 10.1. The summed E-state index contributed by atoms with van der Waals surface area (Å²) < 4.78 is 18.7. The van der Waals surface area contributed by atoms with E-state index in [1.165, 1.54) is 17.1 Å². The molecule has 26 heavy (non-hydrogen) atoms. The molecular formula is C19H27FN4OS. The van der Waals surface area contributed by atoms with Crippen LogP contribution in [0.5, 0.6) is 5.75 Å². The average molecular weight is 379 g/mol. The molecule has 1 aromatic carbocycles. The molecule has 0 spiro atoms. The van der Waals surface area contributed by atoms with E-state index in [1.54, 1.807) is 30.5 Å². The quantitative estimate of drug-likeness (QED) is 0.544. The number of rotatable bonds is 8. The van der Waals surface area contributed by atoms with Crippen molar-refractivity contribution in [3.63, 3.8) is 0 Å². The molecule has 0 aliphatic rings. The van der Waals surface area contributed by atoms with Crippen molar-refractivity contribution >= 4 is 17.3 Å². The largest absolute Gasteiger partial charge is 0.489 e. The van der Waals surface area contributed by atoms with Crippen molar-refractivity contribution in [2.75, 3.05) is 20.1 Å². The second-order valence-electron chi connectivity index (χ2n) is 6.34. The molecule has 7 heteroatoms. The summed E-state index contributed by atoms with van der Waals surface area (Å²) >= 11 is 1.71. The Balaban J connectivity index is 1.70. The van der Waals surface area contributed by atoms with Gasteiger partial charge in [-0.3, -0.25) is 4.99 Å². The standard InChI is InChI=1S/C19H27FN4OS/c1-13(2)18-24-16(12-26-18)9-10-22-19(21-4)23-11-14(3)25-17-7-5-15(20)6-8-17/h5-8,12-14H,9-11H2,1-4H3,(H2,21,22,23). The fraction of sp³-hybridized carbons (Fsp3) is 0.474. The van der Waals surface area contributed by atoms with Crippen molar-refractivity contribution in [2.45, 2.75) is 39.2 Å². The van der Waals surface area contributed by atoms with Crippen LogP contribution in [0.3, 0.4) is 0 Å². The Hall–Kier alpha value is -2.15. The fourth-order valence-corrected chi connectivity index (χ4v) is 3.13. The van der Waals surface area contributed by atoms with E-state index in [1.807, 2.05) is 6.92 Å². The number of benzene rings is 1. The fourth-order valence-electron chi connectivity index (χ4n) is 2.26. The van der Waals surface area contributed by atoms with Crippen molar-refractivity contribution in [3.05, 3.63) is 46.2 Å². The first-order valence-corrected chi connectivity index (χ1v) is 9.67. The van der Waals surface area contributed by atoms with Crippen LogP contribution in [0.25, 0.3) is 0 Å². The molecule has 0 aliphatic heterocycles. The molecule has 1 unspecified atom stereocenters. The Morgan fingerprint density at radius 3 is 2.58 bits per heavy atom. The molecule has 0 radical (unpaired) electrons. The summed E-state index contributed by atoms with van der Waals surface area (Å²) in [5, 5.41) is 9.81. The predicted molar refractivity (Wildman–Crippen MR) is 106 cm³/mol. The first-order valence-electron chi connectivity index (χ1n) is 8.79. The molecule has 142 valence electrons. The molecule has 0 aliphatic carbocycles. The molecule has 2 aromatic rings. The molecule has 1 atom stereocenters. The monoisotopic (exact) mass is 378 g/mol. The van der Waals surface area contributed by atoms with Crippen LogP contribution in [0.15, 0.2) is 34.6 Å². The lowest BCUT2D eigenvalue weighted by Crippen LogP contribution is -2.42. The Morgan fingerprint density at radius 1 is 1.23 bits per heavy atom. The van der Waals surface area contributed by atoms with Gasteiger partial charge < -0.3 is 15.4 Å².